The third kappa shape index (κ3) is 4.75. The minimum Gasteiger partial charge on any atom is -0.302 e. The van der Waals surface area contributed by atoms with Gasteiger partial charge in [0.2, 0.25) is 0 Å². The zero-order valence-electron chi connectivity index (χ0n) is 17.6. The lowest BCUT2D eigenvalue weighted by Gasteiger charge is -2.04. The van der Waals surface area contributed by atoms with E-state index in [9.17, 15) is 19.3 Å². The van der Waals surface area contributed by atoms with Crippen LogP contribution in [0.1, 0.15) is 27.4 Å². The maximum Gasteiger partial charge on any atom is 0.312 e. The zero-order valence-corrected chi connectivity index (χ0v) is 18.3. The Balaban J connectivity index is 1.44. The Labute approximate surface area is 191 Å². The zero-order chi connectivity index (χ0) is 23.7. The van der Waals surface area contributed by atoms with E-state index in [1.165, 1.54) is 32.2 Å². The number of anilines is 1. The normalized spacial score (nSPS) is 11.0. The lowest BCUT2D eigenvalue weighted by molar-refractivity contribution is -0.386. The molecular weight excluding hydrogens is 455 g/mol. The lowest BCUT2D eigenvalue weighted by Crippen LogP contribution is -2.16. The topological polar surface area (TPSA) is 126 Å². The molecule has 11 nitrogen and oxygen atoms in total. The molecule has 0 spiro atoms. The number of hydrogen-bond acceptors (Lipinski definition) is 6. The minimum absolute atomic E-state index is 0.0500. The number of halogens is 2. The molecular formula is C20H18ClFN8O3. The van der Waals surface area contributed by atoms with Crippen molar-refractivity contribution in [2.45, 2.75) is 27.1 Å². The van der Waals surface area contributed by atoms with Crippen molar-refractivity contribution in [1.29, 1.82) is 0 Å². The SMILES string of the molecule is Cc1nn(Cn2ccc(C(=O)Nc3nn(Cc4ccc(F)cc4)cc3Cl)n2)c(C)c1[N+](=O)[O-]. The molecule has 0 aliphatic rings. The molecule has 4 rings (SSSR count). The summed E-state index contributed by atoms with van der Waals surface area (Å²) in [6, 6.07) is 7.47. The van der Waals surface area contributed by atoms with Crippen LogP contribution in [0.5, 0.6) is 0 Å². The first-order valence-electron chi connectivity index (χ1n) is 9.72. The standard InChI is InChI=1S/C20H18ClFN8O3/c1-12-18(30(32)33)13(2)29(24-12)11-27-8-7-17(25-27)20(31)23-19-16(21)10-28(26-19)9-14-3-5-15(22)6-4-14/h3-8,10H,9,11H2,1-2H3,(H,23,26,31). The number of hydrogen-bond donors (Lipinski definition) is 1. The summed E-state index contributed by atoms with van der Waals surface area (Å²) < 4.78 is 17.5. The highest BCUT2D eigenvalue weighted by Gasteiger charge is 2.22. The molecule has 1 N–H and O–H groups in total. The molecule has 0 aliphatic carbocycles. The third-order valence-corrected chi connectivity index (χ3v) is 5.16. The van der Waals surface area contributed by atoms with Crippen molar-refractivity contribution in [2.24, 2.45) is 0 Å². The molecule has 3 aromatic heterocycles. The van der Waals surface area contributed by atoms with E-state index in [4.69, 9.17) is 11.6 Å². The van der Waals surface area contributed by atoms with Gasteiger partial charge in [-0.25, -0.2) is 9.07 Å². The monoisotopic (exact) mass is 472 g/mol. The van der Waals surface area contributed by atoms with Gasteiger partial charge in [0.05, 0.1) is 11.5 Å². The fourth-order valence-electron chi connectivity index (χ4n) is 3.30. The number of nitro groups is 1. The van der Waals surface area contributed by atoms with Gasteiger partial charge in [-0.3, -0.25) is 24.3 Å². The van der Waals surface area contributed by atoms with E-state index in [0.717, 1.165) is 5.56 Å². The van der Waals surface area contributed by atoms with Gasteiger partial charge in [0.25, 0.3) is 5.91 Å². The molecule has 0 atom stereocenters. The molecule has 33 heavy (non-hydrogen) atoms. The van der Waals surface area contributed by atoms with E-state index in [0.29, 0.717) is 17.9 Å². The third-order valence-electron chi connectivity index (χ3n) is 4.88. The number of nitrogens with one attached hydrogen (secondary N) is 1. The van der Waals surface area contributed by atoms with Gasteiger partial charge in [0, 0.05) is 12.4 Å². The molecule has 1 amide bonds. The molecule has 0 fully saturated rings. The van der Waals surface area contributed by atoms with Crippen molar-refractivity contribution in [1.82, 2.24) is 29.3 Å². The Morgan fingerprint density at radius 3 is 2.55 bits per heavy atom. The van der Waals surface area contributed by atoms with E-state index in [1.54, 1.807) is 38.4 Å². The van der Waals surface area contributed by atoms with E-state index >= 15 is 0 Å². The maximum atomic E-state index is 13.1. The van der Waals surface area contributed by atoms with Crippen molar-refractivity contribution >= 4 is 29.0 Å². The number of nitrogens with zero attached hydrogens (tertiary/aromatic N) is 7. The Morgan fingerprint density at radius 1 is 1.15 bits per heavy atom. The minimum atomic E-state index is -0.526. The summed E-state index contributed by atoms with van der Waals surface area (Å²) in [6.07, 6.45) is 3.11. The molecule has 170 valence electrons. The lowest BCUT2D eigenvalue weighted by atomic mass is 10.2. The van der Waals surface area contributed by atoms with E-state index in [-0.39, 0.29) is 34.7 Å². The summed E-state index contributed by atoms with van der Waals surface area (Å²) in [5, 5.41) is 26.6. The number of carbonyl (C=O) groups excluding carboxylic acids is 1. The molecule has 1 aromatic carbocycles. The van der Waals surface area contributed by atoms with Crippen LogP contribution in [0, 0.1) is 29.8 Å². The van der Waals surface area contributed by atoms with Gasteiger partial charge >= 0.3 is 5.69 Å². The van der Waals surface area contributed by atoms with Gasteiger partial charge in [-0.2, -0.15) is 15.3 Å². The molecule has 0 aliphatic heterocycles. The number of benzene rings is 1. The van der Waals surface area contributed by atoms with Gasteiger partial charge < -0.3 is 5.32 Å². The molecule has 4 aromatic rings. The van der Waals surface area contributed by atoms with Crippen LogP contribution in [-0.4, -0.2) is 40.2 Å². The van der Waals surface area contributed by atoms with Gasteiger partial charge in [-0.1, -0.05) is 23.7 Å². The Morgan fingerprint density at radius 2 is 1.88 bits per heavy atom. The van der Waals surface area contributed by atoms with Gasteiger partial charge in [0.1, 0.15) is 28.9 Å². The summed E-state index contributed by atoms with van der Waals surface area (Å²) in [6.45, 7) is 3.60. The summed E-state index contributed by atoms with van der Waals surface area (Å²) in [7, 11) is 0. The first-order valence-corrected chi connectivity index (χ1v) is 10.1. The average molecular weight is 473 g/mol. The number of amides is 1. The quantitative estimate of drug-likeness (QED) is 0.324. The molecule has 0 saturated carbocycles. The molecule has 3 heterocycles. The molecule has 0 unspecified atom stereocenters. The maximum absolute atomic E-state index is 13.1. The average Bonchev–Trinajstić information content (AvgIpc) is 3.42. The summed E-state index contributed by atoms with van der Waals surface area (Å²) in [5.41, 5.74) is 1.56. The largest absolute Gasteiger partial charge is 0.312 e. The van der Waals surface area contributed by atoms with Gasteiger partial charge in [-0.05, 0) is 37.6 Å². The number of carbonyl (C=O) groups is 1. The van der Waals surface area contributed by atoms with Crippen molar-refractivity contribution in [3.8, 4) is 0 Å². The second-order valence-corrected chi connectivity index (χ2v) is 7.67. The van der Waals surface area contributed by atoms with E-state index < -0.39 is 10.8 Å². The van der Waals surface area contributed by atoms with Crippen molar-refractivity contribution < 1.29 is 14.1 Å². The Bertz CT molecular complexity index is 1340. The van der Waals surface area contributed by atoms with Crippen LogP contribution in [0.25, 0.3) is 0 Å². The van der Waals surface area contributed by atoms with Gasteiger partial charge in [-0.15, -0.1) is 0 Å². The van der Waals surface area contributed by atoms with E-state index in [2.05, 4.69) is 20.6 Å². The van der Waals surface area contributed by atoms with Crippen molar-refractivity contribution in [3.63, 3.8) is 0 Å². The second kappa shape index (κ2) is 8.82. The fourth-order valence-corrected chi connectivity index (χ4v) is 3.50. The van der Waals surface area contributed by atoms with Crippen molar-refractivity contribution in [3.05, 3.63) is 86.3 Å². The highest BCUT2D eigenvalue weighted by atomic mass is 35.5. The van der Waals surface area contributed by atoms with Crippen LogP contribution in [0.3, 0.4) is 0 Å². The number of rotatable bonds is 7. The molecule has 0 radical (unpaired) electrons. The highest BCUT2D eigenvalue weighted by Crippen LogP contribution is 2.22. The smallest absolute Gasteiger partial charge is 0.302 e. The van der Waals surface area contributed by atoms with Crippen LogP contribution < -0.4 is 5.32 Å². The predicted molar refractivity (Wildman–Crippen MR) is 117 cm³/mol. The molecule has 0 saturated heterocycles. The van der Waals surface area contributed by atoms with Gasteiger partial charge in [0.15, 0.2) is 11.5 Å². The summed E-state index contributed by atoms with van der Waals surface area (Å²) >= 11 is 6.19. The summed E-state index contributed by atoms with van der Waals surface area (Å²) in [5.74, 6) is -0.699. The molecule has 13 heteroatoms. The van der Waals surface area contributed by atoms with Crippen molar-refractivity contribution in [2.75, 3.05) is 5.32 Å². The van der Waals surface area contributed by atoms with E-state index in [1.807, 2.05) is 0 Å². The first-order chi connectivity index (χ1) is 15.7. The fraction of sp³-hybridized carbons (Fsp3) is 0.200. The second-order valence-electron chi connectivity index (χ2n) is 7.26. The highest BCUT2D eigenvalue weighted by molar-refractivity contribution is 6.33. The Hall–Kier alpha value is -4.06. The van der Waals surface area contributed by atoms with Crippen LogP contribution in [0.4, 0.5) is 15.9 Å². The van der Waals surface area contributed by atoms with Crippen LogP contribution in [0.2, 0.25) is 5.02 Å². The van der Waals surface area contributed by atoms with Crippen LogP contribution >= 0.6 is 11.6 Å². The Kier molecular flexibility index (Phi) is 5.92. The van der Waals surface area contributed by atoms with Crippen LogP contribution in [-0.2, 0) is 13.2 Å². The summed E-state index contributed by atoms with van der Waals surface area (Å²) in [4.78, 5) is 23.3. The first kappa shape index (κ1) is 22.1. The molecule has 0 bridgehead atoms. The number of aryl methyl sites for hydroxylation is 1. The van der Waals surface area contributed by atoms with Crippen LogP contribution in [0.15, 0.2) is 42.7 Å². The number of aromatic nitrogens is 6. The predicted octanol–water partition coefficient (Wildman–Crippen LogP) is 3.40.